The molecule has 0 spiro atoms. The summed E-state index contributed by atoms with van der Waals surface area (Å²) < 4.78 is 0. The van der Waals surface area contributed by atoms with Crippen molar-refractivity contribution in [2.24, 2.45) is 0 Å². The van der Waals surface area contributed by atoms with Crippen LogP contribution in [0.5, 0.6) is 0 Å². The third-order valence-electron chi connectivity index (χ3n) is 3.99. The minimum atomic E-state index is 0.749. The van der Waals surface area contributed by atoms with E-state index >= 15 is 0 Å². The predicted octanol–water partition coefficient (Wildman–Crippen LogP) is 2.82. The summed E-state index contributed by atoms with van der Waals surface area (Å²) in [5, 5.41) is 0. The molecule has 3 heteroatoms. The van der Waals surface area contributed by atoms with Gasteiger partial charge in [0.1, 0.15) is 6.29 Å². The van der Waals surface area contributed by atoms with Crippen LogP contribution in [0.2, 0.25) is 0 Å². The largest absolute Gasteiger partial charge is 0.369 e. The first-order chi connectivity index (χ1) is 10.3. The molecule has 0 aliphatic carbocycles. The number of benzene rings is 2. The number of anilines is 1. The highest BCUT2D eigenvalue weighted by Gasteiger charge is 2.17. The summed E-state index contributed by atoms with van der Waals surface area (Å²) in [5.74, 6) is 0. The smallest absolute Gasteiger partial charge is 0.150 e. The lowest BCUT2D eigenvalue weighted by atomic mass is 10.1. The molecule has 0 unspecified atom stereocenters. The first-order valence-electron chi connectivity index (χ1n) is 7.41. The van der Waals surface area contributed by atoms with E-state index in [1.807, 2.05) is 18.2 Å². The van der Waals surface area contributed by atoms with Crippen LogP contribution in [0.4, 0.5) is 5.69 Å². The van der Waals surface area contributed by atoms with Gasteiger partial charge < -0.3 is 4.90 Å². The van der Waals surface area contributed by atoms with Crippen molar-refractivity contribution in [3.63, 3.8) is 0 Å². The molecule has 0 N–H and O–H groups in total. The van der Waals surface area contributed by atoms with Crippen LogP contribution in [0.3, 0.4) is 0 Å². The molecule has 2 aromatic rings. The zero-order valence-electron chi connectivity index (χ0n) is 12.1. The lowest BCUT2D eigenvalue weighted by Gasteiger charge is -2.36. The van der Waals surface area contributed by atoms with Gasteiger partial charge in [-0.25, -0.2) is 0 Å². The monoisotopic (exact) mass is 280 g/mol. The van der Waals surface area contributed by atoms with Crippen molar-refractivity contribution in [1.82, 2.24) is 4.90 Å². The first-order valence-corrected chi connectivity index (χ1v) is 7.41. The minimum absolute atomic E-state index is 0.749. The predicted molar refractivity (Wildman–Crippen MR) is 85.8 cm³/mol. The molecule has 0 amide bonds. The molecule has 1 heterocycles. The second-order valence-electron chi connectivity index (χ2n) is 5.46. The minimum Gasteiger partial charge on any atom is -0.369 e. The number of carbonyl (C=O) groups is 1. The molecule has 0 saturated carbocycles. The first kappa shape index (κ1) is 13.8. The van der Waals surface area contributed by atoms with E-state index in [2.05, 4.69) is 46.2 Å². The van der Waals surface area contributed by atoms with Gasteiger partial charge in [-0.05, 0) is 17.7 Å². The van der Waals surface area contributed by atoms with Crippen LogP contribution in [0, 0.1) is 0 Å². The molecule has 21 heavy (non-hydrogen) atoms. The molecule has 0 bridgehead atoms. The number of rotatable bonds is 4. The second-order valence-corrected chi connectivity index (χ2v) is 5.46. The summed E-state index contributed by atoms with van der Waals surface area (Å²) in [6.07, 6.45) is 0.912. The second kappa shape index (κ2) is 6.55. The lowest BCUT2D eigenvalue weighted by molar-refractivity contribution is 0.112. The molecular formula is C18H20N2O. The molecule has 1 fully saturated rings. The molecule has 3 nitrogen and oxygen atoms in total. The molecule has 0 atom stereocenters. The summed E-state index contributed by atoms with van der Waals surface area (Å²) in [6.45, 7) is 5.15. The Morgan fingerprint density at radius 2 is 1.67 bits per heavy atom. The van der Waals surface area contributed by atoms with Crippen LogP contribution >= 0.6 is 0 Å². The van der Waals surface area contributed by atoms with Crippen molar-refractivity contribution in [1.29, 1.82) is 0 Å². The SMILES string of the molecule is O=Cc1cccc(N2CCN(Cc3ccccc3)CC2)c1. The number of aldehydes is 1. The van der Waals surface area contributed by atoms with Crippen LogP contribution < -0.4 is 4.90 Å². The lowest BCUT2D eigenvalue weighted by Crippen LogP contribution is -2.45. The molecular weight excluding hydrogens is 260 g/mol. The zero-order chi connectivity index (χ0) is 14.5. The number of hydrogen-bond donors (Lipinski definition) is 0. The number of nitrogens with zero attached hydrogens (tertiary/aromatic N) is 2. The van der Waals surface area contributed by atoms with Crippen molar-refractivity contribution in [3.05, 3.63) is 65.7 Å². The van der Waals surface area contributed by atoms with Crippen molar-refractivity contribution >= 4 is 12.0 Å². The van der Waals surface area contributed by atoms with E-state index in [0.29, 0.717) is 0 Å². The van der Waals surface area contributed by atoms with Crippen molar-refractivity contribution in [2.45, 2.75) is 6.54 Å². The van der Waals surface area contributed by atoms with Crippen molar-refractivity contribution in [3.8, 4) is 0 Å². The number of carbonyl (C=O) groups excluding carboxylic acids is 1. The van der Waals surface area contributed by atoms with Crippen LogP contribution in [-0.2, 0) is 6.54 Å². The van der Waals surface area contributed by atoms with Gasteiger partial charge in [-0.2, -0.15) is 0 Å². The van der Waals surface area contributed by atoms with Crippen molar-refractivity contribution in [2.75, 3.05) is 31.1 Å². The van der Waals surface area contributed by atoms with E-state index in [4.69, 9.17) is 0 Å². The Hall–Kier alpha value is -2.13. The van der Waals surface area contributed by atoms with Gasteiger partial charge in [-0.1, -0.05) is 42.5 Å². The van der Waals surface area contributed by atoms with Crippen LogP contribution in [0.25, 0.3) is 0 Å². The van der Waals surface area contributed by atoms with Gasteiger partial charge >= 0.3 is 0 Å². The van der Waals surface area contributed by atoms with Gasteiger partial charge in [-0.3, -0.25) is 9.69 Å². The Morgan fingerprint density at radius 1 is 0.905 bits per heavy atom. The van der Waals surface area contributed by atoms with Gasteiger partial charge in [0.15, 0.2) is 0 Å². The van der Waals surface area contributed by atoms with Crippen LogP contribution in [-0.4, -0.2) is 37.4 Å². The van der Waals surface area contributed by atoms with E-state index in [9.17, 15) is 4.79 Å². The van der Waals surface area contributed by atoms with E-state index in [0.717, 1.165) is 50.3 Å². The van der Waals surface area contributed by atoms with Gasteiger partial charge in [0.2, 0.25) is 0 Å². The third-order valence-corrected chi connectivity index (χ3v) is 3.99. The summed E-state index contributed by atoms with van der Waals surface area (Å²) in [4.78, 5) is 15.7. The average molecular weight is 280 g/mol. The Labute approximate surface area is 125 Å². The summed E-state index contributed by atoms with van der Waals surface area (Å²) in [6, 6.07) is 18.5. The van der Waals surface area contributed by atoms with Gasteiger partial charge in [0.05, 0.1) is 0 Å². The fraction of sp³-hybridized carbons (Fsp3) is 0.278. The Balaban J connectivity index is 1.58. The fourth-order valence-electron chi connectivity index (χ4n) is 2.80. The molecule has 1 aliphatic heterocycles. The maximum atomic E-state index is 10.9. The summed E-state index contributed by atoms with van der Waals surface area (Å²) in [5.41, 5.74) is 3.27. The van der Waals surface area contributed by atoms with Gasteiger partial charge in [0.25, 0.3) is 0 Å². The maximum absolute atomic E-state index is 10.9. The van der Waals surface area contributed by atoms with Gasteiger partial charge in [0, 0.05) is 44.0 Å². The van der Waals surface area contributed by atoms with E-state index < -0.39 is 0 Å². The quantitative estimate of drug-likeness (QED) is 0.805. The molecule has 3 rings (SSSR count). The van der Waals surface area contributed by atoms with E-state index in [-0.39, 0.29) is 0 Å². The third kappa shape index (κ3) is 3.50. The standard InChI is InChI=1S/C18H20N2O/c21-15-17-7-4-8-18(13-17)20-11-9-19(10-12-20)14-16-5-2-1-3-6-16/h1-8,13,15H,9-12,14H2. The number of piperazine rings is 1. The zero-order valence-corrected chi connectivity index (χ0v) is 12.1. The topological polar surface area (TPSA) is 23.6 Å². The highest BCUT2D eigenvalue weighted by atomic mass is 16.1. The normalized spacial score (nSPS) is 15.9. The molecule has 108 valence electrons. The van der Waals surface area contributed by atoms with Crippen LogP contribution in [0.15, 0.2) is 54.6 Å². The Bertz CT molecular complexity index is 589. The van der Waals surface area contributed by atoms with Crippen molar-refractivity contribution < 1.29 is 4.79 Å². The molecule has 1 saturated heterocycles. The van der Waals surface area contributed by atoms with Gasteiger partial charge in [-0.15, -0.1) is 0 Å². The molecule has 1 aliphatic rings. The molecule has 0 aromatic heterocycles. The van der Waals surface area contributed by atoms with E-state index in [1.165, 1.54) is 5.56 Å². The maximum Gasteiger partial charge on any atom is 0.150 e. The highest BCUT2D eigenvalue weighted by Crippen LogP contribution is 2.18. The summed E-state index contributed by atoms with van der Waals surface area (Å²) in [7, 11) is 0. The molecule has 2 aromatic carbocycles. The number of hydrogen-bond acceptors (Lipinski definition) is 3. The summed E-state index contributed by atoms with van der Waals surface area (Å²) >= 11 is 0. The average Bonchev–Trinajstić information content (AvgIpc) is 2.56. The Morgan fingerprint density at radius 3 is 2.38 bits per heavy atom. The highest BCUT2D eigenvalue weighted by molar-refractivity contribution is 5.77. The van der Waals surface area contributed by atoms with E-state index in [1.54, 1.807) is 0 Å². The fourth-order valence-corrected chi connectivity index (χ4v) is 2.80. The Kier molecular flexibility index (Phi) is 4.31. The van der Waals surface area contributed by atoms with Crippen LogP contribution in [0.1, 0.15) is 15.9 Å². The molecule has 0 radical (unpaired) electrons.